The van der Waals surface area contributed by atoms with Crippen LogP contribution in [0.25, 0.3) is 0 Å². The average molecular weight is 366 g/mol. The van der Waals surface area contributed by atoms with Crippen LogP contribution in [0.15, 0.2) is 0 Å². The molecule has 20 heavy (non-hydrogen) atoms. The number of alkyl halides is 4. The van der Waals surface area contributed by atoms with Gasteiger partial charge in [0, 0.05) is 0 Å². The molecule has 118 valence electrons. The van der Waals surface area contributed by atoms with E-state index >= 15 is 0 Å². The minimum absolute atomic E-state index is 0.124. The molecule has 4 nitrogen and oxygen atoms in total. The first kappa shape index (κ1) is 20.4. The fourth-order valence-electron chi connectivity index (χ4n) is 1.84. The molecule has 0 aromatic rings. The summed E-state index contributed by atoms with van der Waals surface area (Å²) in [5.74, 6) is -1.53. The molecular formula is C12H20Cl4N2O2. The van der Waals surface area contributed by atoms with Crippen molar-refractivity contribution in [1.82, 2.24) is 0 Å². The lowest BCUT2D eigenvalue weighted by molar-refractivity contribution is -0.133. The van der Waals surface area contributed by atoms with Gasteiger partial charge in [0.2, 0.25) is 0 Å². The molecule has 0 unspecified atom stereocenters. The van der Waals surface area contributed by atoms with Crippen molar-refractivity contribution in [2.45, 2.75) is 53.7 Å². The van der Waals surface area contributed by atoms with Crippen LogP contribution in [0, 0.1) is 0 Å². The first-order valence-corrected chi connectivity index (χ1v) is 8.15. The van der Waals surface area contributed by atoms with Crippen LogP contribution in [0.5, 0.6) is 0 Å². The molecule has 0 aliphatic carbocycles. The van der Waals surface area contributed by atoms with Crippen LogP contribution in [0.2, 0.25) is 0 Å². The third-order valence-electron chi connectivity index (χ3n) is 3.05. The second kappa shape index (κ2) is 10.2. The maximum Gasteiger partial charge on any atom is 0.193 e. The Labute approximate surface area is 139 Å². The van der Waals surface area contributed by atoms with E-state index < -0.39 is 26.8 Å². The minimum atomic E-state index is -1.82. The summed E-state index contributed by atoms with van der Waals surface area (Å²) in [5, 5.41) is 0. The third-order valence-corrected chi connectivity index (χ3v) is 3.84. The van der Waals surface area contributed by atoms with Gasteiger partial charge in [-0.05, 0) is 19.4 Å². The molecule has 0 spiro atoms. The molecule has 0 aromatic carbocycles. The number of halogens is 4. The molecule has 0 saturated carbocycles. The van der Waals surface area contributed by atoms with E-state index in [-0.39, 0.29) is 6.42 Å². The molecule has 0 amide bonds. The van der Waals surface area contributed by atoms with Crippen molar-refractivity contribution >= 4 is 58.0 Å². The maximum atomic E-state index is 11.9. The highest BCUT2D eigenvalue weighted by atomic mass is 35.5. The quantitative estimate of drug-likeness (QED) is 0.335. The zero-order valence-electron chi connectivity index (χ0n) is 11.1. The van der Waals surface area contributed by atoms with Gasteiger partial charge in [-0.25, -0.2) is 0 Å². The first-order valence-electron chi connectivity index (χ1n) is 6.41. The number of carbonyl (C=O) groups excluding carboxylic acids is 2. The lowest BCUT2D eigenvalue weighted by Gasteiger charge is -2.27. The van der Waals surface area contributed by atoms with Crippen LogP contribution in [0.1, 0.15) is 38.5 Å². The second-order valence-corrected chi connectivity index (χ2v) is 6.80. The Kier molecular flexibility index (Phi) is 10.4. The van der Waals surface area contributed by atoms with Gasteiger partial charge in [0.15, 0.2) is 21.2 Å². The Morgan fingerprint density at radius 2 is 1.25 bits per heavy atom. The summed E-state index contributed by atoms with van der Waals surface area (Å²) in [6.45, 7) is 0.651. The van der Waals surface area contributed by atoms with Gasteiger partial charge in [-0.1, -0.05) is 72.1 Å². The van der Waals surface area contributed by atoms with Gasteiger partial charge in [0.05, 0.1) is 0 Å². The average Bonchev–Trinajstić information content (AvgIpc) is 2.40. The Morgan fingerprint density at radius 1 is 0.850 bits per heavy atom. The van der Waals surface area contributed by atoms with Crippen LogP contribution < -0.4 is 11.5 Å². The van der Waals surface area contributed by atoms with Crippen LogP contribution >= 0.6 is 46.4 Å². The number of nitrogens with two attached hydrogens (primary N) is 2. The van der Waals surface area contributed by atoms with E-state index in [2.05, 4.69) is 0 Å². The highest BCUT2D eigenvalue weighted by Gasteiger charge is 2.45. The largest absolute Gasteiger partial charge is 0.330 e. The van der Waals surface area contributed by atoms with Gasteiger partial charge in [0.25, 0.3) is 0 Å². The highest BCUT2D eigenvalue weighted by Crippen LogP contribution is 2.25. The van der Waals surface area contributed by atoms with Crippen molar-refractivity contribution in [1.29, 1.82) is 0 Å². The van der Waals surface area contributed by atoms with Gasteiger partial charge in [-0.3, -0.25) is 9.59 Å². The summed E-state index contributed by atoms with van der Waals surface area (Å²) in [6.07, 6.45) is 4.43. The fourth-order valence-corrected chi connectivity index (χ4v) is 2.61. The molecule has 0 aromatic heterocycles. The van der Waals surface area contributed by atoms with Gasteiger partial charge >= 0.3 is 0 Å². The lowest BCUT2D eigenvalue weighted by atomic mass is 9.85. The number of rotatable bonds is 11. The SMILES string of the molecule is NCCCCCCCC(N)(C(=O)C(Cl)Cl)C(=O)C(Cl)Cl. The summed E-state index contributed by atoms with van der Waals surface area (Å²) < 4.78 is 0. The topological polar surface area (TPSA) is 86.2 Å². The van der Waals surface area contributed by atoms with Crippen LogP contribution in [-0.4, -0.2) is 33.3 Å². The normalized spacial score (nSPS) is 12.2. The molecule has 0 bridgehead atoms. The zero-order valence-corrected chi connectivity index (χ0v) is 14.1. The van der Waals surface area contributed by atoms with Crippen LogP contribution in [-0.2, 0) is 9.59 Å². The molecule has 8 heteroatoms. The van der Waals surface area contributed by atoms with Crippen LogP contribution in [0.4, 0.5) is 0 Å². The predicted molar refractivity (Wildman–Crippen MR) is 84.7 cm³/mol. The van der Waals surface area contributed by atoms with E-state index in [0.29, 0.717) is 13.0 Å². The first-order chi connectivity index (χ1) is 9.27. The van der Waals surface area contributed by atoms with Gasteiger partial charge in [-0.15, -0.1) is 0 Å². The molecule has 0 aliphatic rings. The van der Waals surface area contributed by atoms with Crippen molar-refractivity contribution in [3.63, 3.8) is 0 Å². The molecule has 0 saturated heterocycles. The molecule has 0 atom stereocenters. The van der Waals surface area contributed by atoms with Gasteiger partial charge < -0.3 is 11.5 Å². The Hall–Kier alpha value is 0.420. The molecule has 0 rings (SSSR count). The number of unbranched alkanes of at least 4 members (excludes halogenated alkanes) is 4. The van der Waals surface area contributed by atoms with Gasteiger partial charge in [-0.2, -0.15) is 0 Å². The lowest BCUT2D eigenvalue weighted by Crippen LogP contribution is -2.58. The van der Waals surface area contributed by atoms with E-state index in [1.54, 1.807) is 0 Å². The van der Waals surface area contributed by atoms with E-state index in [1.165, 1.54) is 0 Å². The van der Waals surface area contributed by atoms with Gasteiger partial charge in [0.1, 0.15) is 5.54 Å². The Bertz CT molecular complexity index is 305. The molecule has 0 aliphatic heterocycles. The zero-order chi connectivity index (χ0) is 15.8. The summed E-state index contributed by atoms with van der Waals surface area (Å²) in [4.78, 5) is 21.1. The summed E-state index contributed by atoms with van der Waals surface area (Å²) >= 11 is 22.1. The second-order valence-electron chi connectivity index (χ2n) is 4.61. The number of ketones is 2. The maximum absolute atomic E-state index is 11.9. The number of carbonyl (C=O) groups is 2. The third kappa shape index (κ3) is 6.46. The standard InChI is InChI=1S/C12H20Cl4N2O2/c13-10(14)8(19)12(18,9(20)11(15)16)6-4-2-1-3-5-7-17/h10-11H,1-7,17-18H2. The molecular weight excluding hydrogens is 346 g/mol. The predicted octanol–water partition coefficient (Wildman–Crippen LogP) is 2.73. The van der Waals surface area contributed by atoms with Crippen LogP contribution in [0.3, 0.4) is 0 Å². The molecule has 4 N–H and O–H groups in total. The van der Waals surface area contributed by atoms with E-state index in [4.69, 9.17) is 57.9 Å². The number of hydrogen-bond donors (Lipinski definition) is 2. The number of Topliss-reactive ketones (excluding diaryl/α,β-unsaturated/α-hetero) is 2. The Morgan fingerprint density at radius 3 is 1.65 bits per heavy atom. The van der Waals surface area contributed by atoms with Crippen molar-refractivity contribution in [3.05, 3.63) is 0 Å². The van der Waals surface area contributed by atoms with E-state index in [1.807, 2.05) is 0 Å². The van der Waals surface area contributed by atoms with E-state index in [9.17, 15) is 9.59 Å². The van der Waals surface area contributed by atoms with E-state index in [0.717, 1.165) is 25.7 Å². The summed E-state index contributed by atoms with van der Waals surface area (Å²) in [5.41, 5.74) is 9.44. The highest BCUT2D eigenvalue weighted by molar-refractivity contribution is 6.59. The summed E-state index contributed by atoms with van der Waals surface area (Å²) in [6, 6.07) is 0. The monoisotopic (exact) mass is 364 g/mol. The molecule has 0 heterocycles. The fraction of sp³-hybridized carbons (Fsp3) is 0.833. The Balaban J connectivity index is 4.56. The van der Waals surface area contributed by atoms with Crippen molar-refractivity contribution in [2.24, 2.45) is 11.5 Å². The minimum Gasteiger partial charge on any atom is -0.330 e. The molecule has 0 radical (unpaired) electrons. The van der Waals surface area contributed by atoms with Crippen molar-refractivity contribution < 1.29 is 9.59 Å². The van der Waals surface area contributed by atoms with Crippen molar-refractivity contribution in [3.8, 4) is 0 Å². The number of hydrogen-bond acceptors (Lipinski definition) is 4. The smallest absolute Gasteiger partial charge is 0.193 e. The summed E-state index contributed by atoms with van der Waals surface area (Å²) in [7, 11) is 0. The van der Waals surface area contributed by atoms with Crippen molar-refractivity contribution in [2.75, 3.05) is 6.54 Å². The molecule has 0 fully saturated rings.